The van der Waals surface area contributed by atoms with Crippen LogP contribution in [0.1, 0.15) is 53.4 Å². The lowest BCUT2D eigenvalue weighted by molar-refractivity contribution is -0.0251. The molecule has 2 fully saturated rings. The summed E-state index contributed by atoms with van der Waals surface area (Å²) in [5.41, 5.74) is 0.851. The minimum Gasteiger partial charge on any atom is -0.300 e. The number of piperidine rings is 1. The van der Waals surface area contributed by atoms with E-state index in [-0.39, 0.29) is 0 Å². The van der Waals surface area contributed by atoms with Crippen LogP contribution >= 0.6 is 0 Å². The highest BCUT2D eigenvalue weighted by atomic mass is 19.1. The Bertz CT molecular complexity index is 242. The quantitative estimate of drug-likeness (QED) is 0.661. The fourth-order valence-corrected chi connectivity index (χ4v) is 2.95. The molecule has 0 aromatic rings. The van der Waals surface area contributed by atoms with Gasteiger partial charge < -0.3 is 4.90 Å². The Morgan fingerprint density at radius 2 is 1.62 bits per heavy atom. The standard InChI is InChI=1S/C14H26FN/c1-13(2,3)14(4)5-7-16(8-6-14)12-9-11(15)10-12/h11-12H,5-10H2,1-4H3. The van der Waals surface area contributed by atoms with Gasteiger partial charge in [-0.15, -0.1) is 0 Å². The molecule has 0 spiro atoms. The molecule has 1 aliphatic heterocycles. The van der Waals surface area contributed by atoms with E-state index in [9.17, 15) is 4.39 Å². The molecule has 1 aliphatic carbocycles. The van der Waals surface area contributed by atoms with Gasteiger partial charge in [-0.1, -0.05) is 27.7 Å². The van der Waals surface area contributed by atoms with Gasteiger partial charge in [0, 0.05) is 6.04 Å². The van der Waals surface area contributed by atoms with Crippen LogP contribution in [0.4, 0.5) is 4.39 Å². The summed E-state index contributed by atoms with van der Waals surface area (Å²) in [6.07, 6.45) is 3.59. The van der Waals surface area contributed by atoms with E-state index < -0.39 is 6.17 Å². The van der Waals surface area contributed by atoms with Gasteiger partial charge >= 0.3 is 0 Å². The van der Waals surface area contributed by atoms with E-state index in [0.29, 0.717) is 16.9 Å². The molecule has 0 aromatic carbocycles. The SMILES string of the molecule is CC(C)(C)C1(C)CCN(C2CC(F)C2)CC1. The summed E-state index contributed by atoms with van der Waals surface area (Å²) in [5.74, 6) is 0. The van der Waals surface area contributed by atoms with Crippen molar-refractivity contribution in [3.8, 4) is 0 Å². The van der Waals surface area contributed by atoms with Crippen molar-refractivity contribution in [2.24, 2.45) is 10.8 Å². The topological polar surface area (TPSA) is 3.24 Å². The Morgan fingerprint density at radius 3 is 2.00 bits per heavy atom. The number of alkyl halides is 1. The number of hydrogen-bond acceptors (Lipinski definition) is 1. The maximum atomic E-state index is 12.8. The van der Waals surface area contributed by atoms with Crippen molar-refractivity contribution in [3.05, 3.63) is 0 Å². The van der Waals surface area contributed by atoms with Gasteiger partial charge in [-0.25, -0.2) is 4.39 Å². The van der Waals surface area contributed by atoms with Crippen LogP contribution in [-0.2, 0) is 0 Å². The lowest BCUT2D eigenvalue weighted by atomic mass is 9.62. The van der Waals surface area contributed by atoms with E-state index in [0.717, 1.165) is 12.8 Å². The highest BCUT2D eigenvalue weighted by Gasteiger charge is 2.43. The van der Waals surface area contributed by atoms with Crippen LogP contribution in [0.2, 0.25) is 0 Å². The fourth-order valence-electron chi connectivity index (χ4n) is 2.95. The smallest absolute Gasteiger partial charge is 0.103 e. The summed E-state index contributed by atoms with van der Waals surface area (Å²) in [7, 11) is 0. The Kier molecular flexibility index (Phi) is 3.07. The first-order valence-electron chi connectivity index (χ1n) is 6.70. The predicted molar refractivity (Wildman–Crippen MR) is 66.3 cm³/mol. The van der Waals surface area contributed by atoms with Crippen LogP contribution in [-0.4, -0.2) is 30.2 Å². The van der Waals surface area contributed by atoms with E-state index in [2.05, 4.69) is 32.6 Å². The van der Waals surface area contributed by atoms with Crippen LogP contribution < -0.4 is 0 Å². The van der Waals surface area contributed by atoms with Crippen molar-refractivity contribution in [1.29, 1.82) is 0 Å². The van der Waals surface area contributed by atoms with E-state index in [4.69, 9.17) is 0 Å². The van der Waals surface area contributed by atoms with Crippen molar-refractivity contribution >= 4 is 0 Å². The summed E-state index contributed by atoms with van der Waals surface area (Å²) in [4.78, 5) is 2.52. The Labute approximate surface area is 99.4 Å². The van der Waals surface area contributed by atoms with E-state index >= 15 is 0 Å². The van der Waals surface area contributed by atoms with Crippen molar-refractivity contribution in [3.63, 3.8) is 0 Å². The maximum Gasteiger partial charge on any atom is 0.103 e. The van der Waals surface area contributed by atoms with E-state index in [1.807, 2.05) is 0 Å². The first-order valence-corrected chi connectivity index (χ1v) is 6.70. The Balaban J connectivity index is 1.87. The molecule has 94 valence electrons. The third kappa shape index (κ3) is 2.13. The molecule has 1 saturated heterocycles. The molecule has 2 heteroatoms. The minimum absolute atomic E-state index is 0.390. The normalized spacial score (nSPS) is 35.8. The number of halogens is 1. The van der Waals surface area contributed by atoms with Gasteiger partial charge in [-0.05, 0) is 49.6 Å². The van der Waals surface area contributed by atoms with Crippen molar-refractivity contribution in [2.45, 2.75) is 65.6 Å². The number of rotatable bonds is 1. The van der Waals surface area contributed by atoms with Gasteiger partial charge in [-0.2, -0.15) is 0 Å². The zero-order valence-electron chi connectivity index (χ0n) is 11.2. The molecule has 1 saturated carbocycles. The summed E-state index contributed by atoms with van der Waals surface area (Å²) < 4.78 is 12.8. The Morgan fingerprint density at radius 1 is 1.12 bits per heavy atom. The van der Waals surface area contributed by atoms with Crippen molar-refractivity contribution in [1.82, 2.24) is 4.90 Å². The fraction of sp³-hybridized carbons (Fsp3) is 1.00. The second-order valence-corrected chi connectivity index (χ2v) is 7.07. The second-order valence-electron chi connectivity index (χ2n) is 7.07. The Hall–Kier alpha value is -0.110. The van der Waals surface area contributed by atoms with Crippen LogP contribution in [0.25, 0.3) is 0 Å². The average Bonchev–Trinajstić information content (AvgIpc) is 2.13. The average molecular weight is 227 g/mol. The molecule has 0 amide bonds. The van der Waals surface area contributed by atoms with Gasteiger partial charge in [0.05, 0.1) is 0 Å². The largest absolute Gasteiger partial charge is 0.300 e. The lowest BCUT2D eigenvalue weighted by Gasteiger charge is -2.51. The lowest BCUT2D eigenvalue weighted by Crippen LogP contribution is -2.52. The summed E-state index contributed by atoms with van der Waals surface area (Å²) in [6, 6.07) is 0.555. The maximum absolute atomic E-state index is 12.8. The number of nitrogens with zero attached hydrogens (tertiary/aromatic N) is 1. The van der Waals surface area contributed by atoms with Gasteiger partial charge in [0.15, 0.2) is 0 Å². The summed E-state index contributed by atoms with van der Waals surface area (Å²) in [6.45, 7) is 11.8. The molecule has 0 radical (unpaired) electrons. The van der Waals surface area contributed by atoms with Gasteiger partial charge in [0.25, 0.3) is 0 Å². The van der Waals surface area contributed by atoms with Crippen LogP contribution in [0.3, 0.4) is 0 Å². The molecule has 2 aliphatic rings. The number of likely N-dealkylation sites (tertiary alicyclic amines) is 1. The highest BCUT2D eigenvalue weighted by Crippen LogP contribution is 2.47. The van der Waals surface area contributed by atoms with Gasteiger partial charge in [-0.3, -0.25) is 0 Å². The molecule has 0 atom stereocenters. The van der Waals surface area contributed by atoms with E-state index in [1.54, 1.807) is 0 Å². The zero-order valence-corrected chi connectivity index (χ0v) is 11.2. The zero-order chi connectivity index (χ0) is 12.0. The monoisotopic (exact) mass is 227 g/mol. The van der Waals surface area contributed by atoms with Crippen LogP contribution in [0, 0.1) is 10.8 Å². The highest BCUT2D eigenvalue weighted by molar-refractivity contribution is 4.95. The first-order chi connectivity index (χ1) is 7.32. The number of hydrogen-bond donors (Lipinski definition) is 0. The predicted octanol–water partition coefficient (Wildman–Crippen LogP) is 3.64. The molecule has 0 N–H and O–H groups in total. The first kappa shape index (κ1) is 12.3. The molecule has 16 heavy (non-hydrogen) atoms. The van der Waals surface area contributed by atoms with Gasteiger partial charge in [0.1, 0.15) is 6.17 Å². The second kappa shape index (κ2) is 3.97. The molecule has 1 nitrogen and oxygen atoms in total. The molecular formula is C14H26FN. The molecule has 0 unspecified atom stereocenters. The summed E-state index contributed by atoms with van der Waals surface area (Å²) >= 11 is 0. The van der Waals surface area contributed by atoms with Gasteiger partial charge in [0.2, 0.25) is 0 Å². The van der Waals surface area contributed by atoms with E-state index in [1.165, 1.54) is 25.9 Å². The molecule has 0 bridgehead atoms. The molecular weight excluding hydrogens is 201 g/mol. The summed E-state index contributed by atoms with van der Waals surface area (Å²) in [5, 5.41) is 0. The third-order valence-electron chi connectivity index (χ3n) is 5.28. The third-order valence-corrected chi connectivity index (χ3v) is 5.28. The van der Waals surface area contributed by atoms with Crippen LogP contribution in [0.5, 0.6) is 0 Å². The van der Waals surface area contributed by atoms with Crippen molar-refractivity contribution < 1.29 is 4.39 Å². The molecule has 2 rings (SSSR count). The van der Waals surface area contributed by atoms with Crippen molar-refractivity contribution in [2.75, 3.05) is 13.1 Å². The minimum atomic E-state index is -0.513. The van der Waals surface area contributed by atoms with Crippen LogP contribution in [0.15, 0.2) is 0 Å². The molecule has 1 heterocycles. The molecule has 0 aromatic heterocycles.